The van der Waals surface area contributed by atoms with Gasteiger partial charge >= 0.3 is 5.97 Å². The van der Waals surface area contributed by atoms with Gasteiger partial charge in [0.25, 0.3) is 0 Å². The Kier molecular flexibility index (Phi) is 48.5. The number of hydrogen-bond donors (Lipinski definition) is 6. The minimum atomic E-state index is -1.64. The highest BCUT2D eigenvalue weighted by molar-refractivity contribution is 5.80. The van der Waals surface area contributed by atoms with E-state index >= 15 is 0 Å². The van der Waals surface area contributed by atoms with Crippen LogP contribution in [0.25, 0.3) is 0 Å². The molecule has 0 aromatic carbocycles. The molecule has 6 N–H and O–H groups in total. The quantitative estimate of drug-likeness (QED) is 0.0149. The molecule has 11 nitrogen and oxygen atoms in total. The van der Waals surface area contributed by atoms with E-state index in [2.05, 4.69) is 32.2 Å². The molecule has 1 aliphatic rings. The Balaban J connectivity index is 2.70. The molecule has 0 radical (unpaired) electrons. The van der Waals surface area contributed by atoms with Gasteiger partial charge in [0.05, 0.1) is 25.4 Å². The van der Waals surface area contributed by atoms with Crippen molar-refractivity contribution in [3.8, 4) is 0 Å². The molecule has 8 atom stereocenters. The van der Waals surface area contributed by atoms with Crippen LogP contribution in [0.3, 0.4) is 0 Å². The van der Waals surface area contributed by atoms with Gasteiger partial charge in [0, 0.05) is 6.42 Å². The minimum Gasteiger partial charge on any atom is -0.454 e. The number of nitrogens with one attached hydrogen (secondary N) is 1. The number of rotatable bonds is 51. The Morgan fingerprint density at radius 2 is 0.960 bits per heavy atom. The highest BCUT2D eigenvalue weighted by atomic mass is 16.7. The normalized spacial score (nSPS) is 19.7. The number of allylic oxidation sites excluding steroid dienone is 11. The fraction of sp³-hybridized carbons (Fsp3) is 0.781. The molecule has 1 aliphatic heterocycles. The first-order chi connectivity index (χ1) is 36.7. The second-order valence-corrected chi connectivity index (χ2v) is 21.2. The number of aliphatic hydroxyl groups excluding tert-OH is 5. The van der Waals surface area contributed by atoms with Crippen LogP contribution in [0.15, 0.2) is 72.9 Å². The van der Waals surface area contributed by atoms with Crippen LogP contribution in [0.4, 0.5) is 0 Å². The van der Waals surface area contributed by atoms with Gasteiger partial charge in [-0.25, -0.2) is 0 Å². The number of esters is 1. The lowest BCUT2D eigenvalue weighted by molar-refractivity contribution is -0.305. The number of carbonyl (C=O) groups is 2. The molecular formula is C64H113NO10. The molecule has 0 spiro atoms. The summed E-state index contributed by atoms with van der Waals surface area (Å²) in [5, 5.41) is 56.9. The first-order valence-electron chi connectivity index (χ1n) is 30.8. The van der Waals surface area contributed by atoms with Gasteiger partial charge in [-0.3, -0.25) is 9.59 Å². The van der Waals surface area contributed by atoms with E-state index < -0.39 is 67.4 Å². The molecule has 1 heterocycles. The van der Waals surface area contributed by atoms with E-state index in [1.165, 1.54) is 161 Å². The van der Waals surface area contributed by atoms with Gasteiger partial charge in [0.2, 0.25) is 5.91 Å². The molecule has 0 aromatic heterocycles. The Bertz CT molecular complexity index is 1490. The van der Waals surface area contributed by atoms with E-state index in [4.69, 9.17) is 14.2 Å². The van der Waals surface area contributed by atoms with Gasteiger partial charge in [-0.05, 0) is 38.5 Å². The van der Waals surface area contributed by atoms with E-state index in [1.54, 1.807) is 6.08 Å². The minimum absolute atomic E-state index is 0.0260. The SMILES string of the molecule is CC/C=C/C=C/C=C\C=C/C=C/CCCC(=O)OC1C(OCC(NC(=O)C(O)CCCCCCCCCCCCCCCCCCCCCC)C(O)/C=C/CCCCCCCCCCCCC)OC(CO)C(O)C1O. The molecule has 1 saturated heterocycles. The molecule has 1 fully saturated rings. The number of amides is 1. The Morgan fingerprint density at radius 1 is 0.533 bits per heavy atom. The van der Waals surface area contributed by atoms with Gasteiger partial charge in [0.1, 0.15) is 24.4 Å². The lowest BCUT2D eigenvalue weighted by Gasteiger charge is -2.41. The molecule has 0 aliphatic carbocycles. The number of hydrogen-bond acceptors (Lipinski definition) is 10. The first kappa shape index (κ1) is 70.1. The molecule has 8 unspecified atom stereocenters. The van der Waals surface area contributed by atoms with Crippen LogP contribution < -0.4 is 5.32 Å². The number of unbranched alkanes of at least 4 members (excludes halogenated alkanes) is 31. The van der Waals surface area contributed by atoms with Crippen LogP contribution in [0.5, 0.6) is 0 Å². The summed E-state index contributed by atoms with van der Waals surface area (Å²) < 4.78 is 17.5. The van der Waals surface area contributed by atoms with Crippen molar-refractivity contribution in [2.75, 3.05) is 13.2 Å². The highest BCUT2D eigenvalue weighted by Gasteiger charge is 2.47. The maximum absolute atomic E-state index is 13.4. The average molecular weight is 1060 g/mol. The highest BCUT2D eigenvalue weighted by Crippen LogP contribution is 2.26. The van der Waals surface area contributed by atoms with Crippen molar-refractivity contribution in [2.24, 2.45) is 0 Å². The van der Waals surface area contributed by atoms with Crippen molar-refractivity contribution in [1.82, 2.24) is 5.32 Å². The van der Waals surface area contributed by atoms with Crippen molar-refractivity contribution in [1.29, 1.82) is 0 Å². The summed E-state index contributed by atoms with van der Waals surface area (Å²) in [4.78, 5) is 26.5. The molecule has 1 amide bonds. The average Bonchev–Trinajstić information content (AvgIpc) is 3.41. The lowest BCUT2D eigenvalue weighted by atomic mass is 9.99. The summed E-state index contributed by atoms with van der Waals surface area (Å²) in [6.45, 7) is 5.61. The van der Waals surface area contributed by atoms with Gasteiger partial charge < -0.3 is 45.1 Å². The van der Waals surface area contributed by atoms with E-state index in [0.29, 0.717) is 19.3 Å². The van der Waals surface area contributed by atoms with Crippen molar-refractivity contribution in [3.05, 3.63) is 72.9 Å². The van der Waals surface area contributed by atoms with E-state index in [1.807, 2.05) is 60.8 Å². The number of carbonyl (C=O) groups excluding carboxylic acids is 2. The monoisotopic (exact) mass is 1060 g/mol. The van der Waals surface area contributed by atoms with Gasteiger partial charge in [-0.2, -0.15) is 0 Å². The molecule has 0 aromatic rings. The van der Waals surface area contributed by atoms with Crippen molar-refractivity contribution >= 4 is 11.9 Å². The third-order valence-electron chi connectivity index (χ3n) is 14.3. The Labute approximate surface area is 458 Å². The van der Waals surface area contributed by atoms with Crippen molar-refractivity contribution in [3.63, 3.8) is 0 Å². The summed E-state index contributed by atoms with van der Waals surface area (Å²) in [5.74, 6) is -1.27. The summed E-state index contributed by atoms with van der Waals surface area (Å²) in [5.41, 5.74) is 0. The molecule has 0 bridgehead atoms. The molecule has 0 saturated carbocycles. The van der Waals surface area contributed by atoms with Gasteiger partial charge in [-0.1, -0.05) is 286 Å². The maximum Gasteiger partial charge on any atom is 0.306 e. The predicted octanol–water partition coefficient (Wildman–Crippen LogP) is 14.4. The molecule has 11 heteroatoms. The van der Waals surface area contributed by atoms with Crippen LogP contribution in [0.2, 0.25) is 0 Å². The fourth-order valence-corrected chi connectivity index (χ4v) is 9.39. The maximum atomic E-state index is 13.4. The lowest BCUT2D eigenvalue weighted by Crippen LogP contribution is -2.61. The summed E-state index contributed by atoms with van der Waals surface area (Å²) in [7, 11) is 0. The zero-order chi connectivity index (χ0) is 54.7. The third kappa shape index (κ3) is 40.0. The van der Waals surface area contributed by atoms with Crippen LogP contribution in [0, 0.1) is 0 Å². The second kappa shape index (κ2) is 51.8. The number of aliphatic hydroxyl groups is 5. The zero-order valence-electron chi connectivity index (χ0n) is 47.9. The van der Waals surface area contributed by atoms with Crippen LogP contribution in [-0.2, 0) is 23.8 Å². The van der Waals surface area contributed by atoms with Crippen LogP contribution >= 0.6 is 0 Å². The van der Waals surface area contributed by atoms with Gasteiger partial charge in [-0.15, -0.1) is 0 Å². The van der Waals surface area contributed by atoms with Crippen LogP contribution in [0.1, 0.15) is 258 Å². The summed E-state index contributed by atoms with van der Waals surface area (Å²) >= 11 is 0. The van der Waals surface area contributed by atoms with Crippen molar-refractivity contribution in [2.45, 2.75) is 307 Å². The Morgan fingerprint density at radius 3 is 1.43 bits per heavy atom. The fourth-order valence-electron chi connectivity index (χ4n) is 9.39. The second-order valence-electron chi connectivity index (χ2n) is 21.2. The smallest absolute Gasteiger partial charge is 0.306 e. The topological polar surface area (TPSA) is 175 Å². The molecule has 1 rings (SSSR count). The predicted molar refractivity (Wildman–Crippen MR) is 310 cm³/mol. The zero-order valence-corrected chi connectivity index (χ0v) is 47.9. The molecule has 75 heavy (non-hydrogen) atoms. The van der Waals surface area contributed by atoms with E-state index in [-0.39, 0.29) is 19.4 Å². The van der Waals surface area contributed by atoms with Crippen LogP contribution in [-0.4, -0.2) is 99.6 Å². The largest absolute Gasteiger partial charge is 0.454 e. The third-order valence-corrected chi connectivity index (χ3v) is 14.3. The molecule has 434 valence electrons. The van der Waals surface area contributed by atoms with E-state index in [9.17, 15) is 35.1 Å². The van der Waals surface area contributed by atoms with Crippen molar-refractivity contribution < 1.29 is 49.3 Å². The number of ether oxygens (including phenoxy) is 3. The Hall–Kier alpha value is -2.90. The first-order valence-corrected chi connectivity index (χ1v) is 30.8. The summed E-state index contributed by atoms with van der Waals surface area (Å²) in [6.07, 6.45) is 55.3. The standard InChI is InChI=1S/C64H113NO10/c1-4-7-10-13-16-19-22-25-26-27-28-29-30-31-34-36-39-42-45-48-51-57(68)63(72)65-55(56(67)50-47-44-41-38-35-32-23-20-17-14-11-8-5-2)54-73-64-62(61(71)60(70)58(53-66)74-64)75-59(69)52-49-46-43-40-37-33-24-21-18-15-12-9-6-3/h9,12,15,18,21,24,33,37,40,43,47,50,55-58,60-62,64,66-68,70-71H,4-8,10-11,13-14,16-17,19-20,22-23,25-32,34-36,38-39,41-42,44-46,48-49,51-54H2,1-3H3,(H,65,72)/b12-9+,18-15+,24-21-,37-33-,43-40+,50-47+. The van der Waals surface area contributed by atoms with Gasteiger partial charge in [0.15, 0.2) is 12.4 Å². The summed E-state index contributed by atoms with van der Waals surface area (Å²) in [6, 6.07) is -1.04. The molecular weight excluding hydrogens is 943 g/mol. The van der Waals surface area contributed by atoms with E-state index in [0.717, 1.165) is 44.9 Å².